The van der Waals surface area contributed by atoms with Gasteiger partial charge in [0.1, 0.15) is 0 Å². The lowest BCUT2D eigenvalue weighted by atomic mass is 10.0. The Balaban J connectivity index is 0.00000176. The second kappa shape index (κ2) is 7.61. The number of fused-ring (bicyclic) bond motifs is 1. The minimum Gasteiger partial charge on any atom is -0.353 e. The number of hydrogen-bond acceptors (Lipinski definition) is 2. The molecule has 0 bridgehead atoms. The minimum absolute atomic E-state index is 0. The maximum Gasteiger partial charge on any atom is 0.224 e. The van der Waals surface area contributed by atoms with Gasteiger partial charge < -0.3 is 11.1 Å². The number of hydrogen-bond donors (Lipinski definition) is 2. The molecule has 3 N–H and O–H groups in total. The van der Waals surface area contributed by atoms with Gasteiger partial charge in [0.25, 0.3) is 0 Å². The largest absolute Gasteiger partial charge is 0.353 e. The quantitative estimate of drug-likeness (QED) is 0.910. The fourth-order valence-corrected chi connectivity index (χ4v) is 3.30. The first-order valence-electron chi connectivity index (χ1n) is 7.73. The van der Waals surface area contributed by atoms with Crippen molar-refractivity contribution in [1.29, 1.82) is 0 Å². The van der Waals surface area contributed by atoms with Gasteiger partial charge in [-0.05, 0) is 41.6 Å². The Morgan fingerprint density at radius 3 is 2.68 bits per heavy atom. The van der Waals surface area contributed by atoms with Crippen LogP contribution < -0.4 is 11.1 Å². The van der Waals surface area contributed by atoms with E-state index < -0.39 is 0 Å². The molecule has 2 aromatic rings. The van der Waals surface area contributed by atoms with Crippen molar-refractivity contribution in [3.8, 4) is 0 Å². The van der Waals surface area contributed by atoms with Crippen LogP contribution in [0.4, 0.5) is 0 Å². The van der Waals surface area contributed by atoms with Gasteiger partial charge in [0.05, 0.1) is 6.42 Å². The maximum atomic E-state index is 12.2. The first kappa shape index (κ1) is 16.8. The van der Waals surface area contributed by atoms with E-state index in [1.54, 1.807) is 0 Å². The summed E-state index contributed by atoms with van der Waals surface area (Å²) in [7, 11) is 0. The molecule has 3 nitrogen and oxygen atoms in total. The number of halogens is 1. The second-order valence-electron chi connectivity index (χ2n) is 5.96. The number of benzene rings is 2. The standard InChI is InChI=1S/C18H22N2O.ClH/c19-12-16-6-3-7-17(16)20-18(21)11-13-8-9-14-4-1-2-5-15(14)10-13;/h1-2,4-5,8-10,16-17H,3,6-7,11-12,19H2,(H,20,21);1H. The summed E-state index contributed by atoms with van der Waals surface area (Å²) < 4.78 is 0. The smallest absolute Gasteiger partial charge is 0.224 e. The van der Waals surface area contributed by atoms with Gasteiger partial charge in [0, 0.05) is 6.04 Å². The highest BCUT2D eigenvalue weighted by atomic mass is 35.5. The van der Waals surface area contributed by atoms with Crippen LogP contribution in [-0.2, 0) is 11.2 Å². The molecule has 1 aliphatic rings. The van der Waals surface area contributed by atoms with Crippen LogP contribution in [0.15, 0.2) is 42.5 Å². The van der Waals surface area contributed by atoms with E-state index in [4.69, 9.17) is 5.73 Å². The average Bonchev–Trinajstić information content (AvgIpc) is 2.94. The van der Waals surface area contributed by atoms with Crippen molar-refractivity contribution >= 4 is 29.1 Å². The zero-order valence-electron chi connectivity index (χ0n) is 12.6. The van der Waals surface area contributed by atoms with E-state index in [0.29, 0.717) is 18.9 Å². The summed E-state index contributed by atoms with van der Waals surface area (Å²) in [6.45, 7) is 0.668. The van der Waals surface area contributed by atoms with Crippen molar-refractivity contribution in [2.45, 2.75) is 31.7 Å². The highest BCUT2D eigenvalue weighted by Crippen LogP contribution is 2.24. The van der Waals surface area contributed by atoms with Crippen molar-refractivity contribution in [2.24, 2.45) is 11.7 Å². The summed E-state index contributed by atoms with van der Waals surface area (Å²) in [5.74, 6) is 0.557. The molecule has 0 saturated heterocycles. The monoisotopic (exact) mass is 318 g/mol. The van der Waals surface area contributed by atoms with E-state index in [1.165, 1.54) is 17.2 Å². The normalized spacial score (nSPS) is 20.6. The fourth-order valence-electron chi connectivity index (χ4n) is 3.30. The number of amides is 1. The highest BCUT2D eigenvalue weighted by molar-refractivity contribution is 5.86. The molecule has 118 valence electrons. The lowest BCUT2D eigenvalue weighted by Gasteiger charge is -2.19. The van der Waals surface area contributed by atoms with Crippen LogP contribution in [0.5, 0.6) is 0 Å². The molecular weight excluding hydrogens is 296 g/mol. The van der Waals surface area contributed by atoms with Crippen LogP contribution in [0.25, 0.3) is 10.8 Å². The molecule has 2 atom stereocenters. The molecule has 3 rings (SSSR count). The molecule has 0 aromatic heterocycles. The molecule has 1 fully saturated rings. The summed E-state index contributed by atoms with van der Waals surface area (Å²) in [5, 5.41) is 5.55. The third kappa shape index (κ3) is 3.79. The van der Waals surface area contributed by atoms with Gasteiger partial charge in [-0.1, -0.05) is 48.9 Å². The lowest BCUT2D eigenvalue weighted by molar-refractivity contribution is -0.121. The molecule has 1 aliphatic carbocycles. The molecule has 1 saturated carbocycles. The maximum absolute atomic E-state index is 12.2. The van der Waals surface area contributed by atoms with Crippen LogP contribution in [0.1, 0.15) is 24.8 Å². The zero-order chi connectivity index (χ0) is 14.7. The Bertz CT molecular complexity index is 644. The lowest BCUT2D eigenvalue weighted by Crippen LogP contribution is -2.40. The molecule has 1 amide bonds. The van der Waals surface area contributed by atoms with Crippen LogP contribution in [0.2, 0.25) is 0 Å². The van der Waals surface area contributed by atoms with Crippen LogP contribution in [0, 0.1) is 5.92 Å². The summed E-state index contributed by atoms with van der Waals surface area (Å²) in [6, 6.07) is 14.7. The van der Waals surface area contributed by atoms with Crippen molar-refractivity contribution < 1.29 is 4.79 Å². The summed E-state index contributed by atoms with van der Waals surface area (Å²) in [4.78, 5) is 12.2. The van der Waals surface area contributed by atoms with E-state index in [0.717, 1.165) is 18.4 Å². The Morgan fingerprint density at radius 2 is 1.91 bits per heavy atom. The Kier molecular flexibility index (Phi) is 5.81. The second-order valence-corrected chi connectivity index (χ2v) is 5.96. The van der Waals surface area contributed by atoms with Gasteiger partial charge in [0.15, 0.2) is 0 Å². The van der Waals surface area contributed by atoms with Gasteiger partial charge >= 0.3 is 0 Å². The molecule has 4 heteroatoms. The number of nitrogens with one attached hydrogen (secondary N) is 1. The molecule has 0 aliphatic heterocycles. The first-order chi connectivity index (χ1) is 10.3. The molecule has 0 spiro atoms. The van der Waals surface area contributed by atoms with E-state index in [2.05, 4.69) is 29.6 Å². The molecule has 0 radical (unpaired) electrons. The molecule has 22 heavy (non-hydrogen) atoms. The topological polar surface area (TPSA) is 55.1 Å². The van der Waals surface area contributed by atoms with Crippen molar-refractivity contribution in [3.05, 3.63) is 48.0 Å². The Labute approximate surface area is 137 Å². The van der Waals surface area contributed by atoms with Gasteiger partial charge in [-0.25, -0.2) is 0 Å². The Hall–Kier alpha value is -1.58. The van der Waals surface area contributed by atoms with Gasteiger partial charge in [-0.15, -0.1) is 12.4 Å². The van der Waals surface area contributed by atoms with Gasteiger partial charge in [-0.2, -0.15) is 0 Å². The van der Waals surface area contributed by atoms with Crippen LogP contribution in [-0.4, -0.2) is 18.5 Å². The van der Waals surface area contributed by atoms with Crippen LogP contribution in [0.3, 0.4) is 0 Å². The predicted molar refractivity (Wildman–Crippen MR) is 93.2 cm³/mol. The average molecular weight is 319 g/mol. The molecular formula is C18H23ClN2O. The SMILES string of the molecule is Cl.NCC1CCCC1NC(=O)Cc1ccc2ccccc2c1. The summed E-state index contributed by atoms with van der Waals surface area (Å²) in [5.41, 5.74) is 6.83. The number of carbonyl (C=O) groups excluding carboxylic acids is 1. The summed E-state index contributed by atoms with van der Waals surface area (Å²) >= 11 is 0. The van der Waals surface area contributed by atoms with E-state index >= 15 is 0 Å². The van der Waals surface area contributed by atoms with E-state index in [9.17, 15) is 4.79 Å². The van der Waals surface area contributed by atoms with Crippen molar-refractivity contribution in [1.82, 2.24) is 5.32 Å². The summed E-state index contributed by atoms with van der Waals surface area (Å²) in [6.07, 6.45) is 3.81. The molecule has 0 heterocycles. The Morgan fingerprint density at radius 1 is 1.14 bits per heavy atom. The fraction of sp³-hybridized carbons (Fsp3) is 0.389. The van der Waals surface area contributed by atoms with Crippen LogP contribution >= 0.6 is 12.4 Å². The molecule has 2 aromatic carbocycles. The third-order valence-electron chi connectivity index (χ3n) is 4.49. The first-order valence-corrected chi connectivity index (χ1v) is 7.73. The highest BCUT2D eigenvalue weighted by Gasteiger charge is 2.27. The number of nitrogens with two attached hydrogens (primary N) is 1. The minimum atomic E-state index is 0. The third-order valence-corrected chi connectivity index (χ3v) is 4.49. The van der Waals surface area contributed by atoms with E-state index in [-0.39, 0.29) is 24.4 Å². The van der Waals surface area contributed by atoms with Crippen molar-refractivity contribution in [2.75, 3.05) is 6.54 Å². The number of rotatable bonds is 4. The molecule has 2 unspecified atom stereocenters. The predicted octanol–water partition coefficient (Wildman–Crippen LogP) is 3.05. The van der Waals surface area contributed by atoms with Gasteiger partial charge in [0.2, 0.25) is 5.91 Å². The van der Waals surface area contributed by atoms with Gasteiger partial charge in [-0.3, -0.25) is 4.79 Å². The van der Waals surface area contributed by atoms with Crippen molar-refractivity contribution in [3.63, 3.8) is 0 Å². The number of carbonyl (C=O) groups is 1. The zero-order valence-corrected chi connectivity index (χ0v) is 13.4. The van der Waals surface area contributed by atoms with E-state index in [1.807, 2.05) is 18.2 Å².